The van der Waals surface area contributed by atoms with Crippen LogP contribution < -0.4 is 5.32 Å². The molecule has 1 N–H and O–H groups in total. The van der Waals surface area contributed by atoms with Crippen molar-refractivity contribution in [3.8, 4) is 0 Å². The Kier molecular flexibility index (Phi) is 11.9. The van der Waals surface area contributed by atoms with Gasteiger partial charge in [0.1, 0.15) is 0 Å². The zero-order valence-corrected chi connectivity index (χ0v) is 19.7. The normalized spacial score (nSPS) is 16.7. The Morgan fingerprint density at radius 1 is 1.19 bits per heavy atom. The van der Waals surface area contributed by atoms with Crippen LogP contribution in [0, 0.1) is 5.92 Å². The number of hydrogen-bond acceptors (Lipinski definition) is 3. The summed E-state index contributed by atoms with van der Waals surface area (Å²) >= 11 is 0. The number of ether oxygens (including phenoxy) is 1. The van der Waals surface area contributed by atoms with E-state index in [0.717, 1.165) is 44.7 Å². The fourth-order valence-corrected chi connectivity index (χ4v) is 3.40. The van der Waals surface area contributed by atoms with Crippen molar-refractivity contribution in [3.63, 3.8) is 0 Å². The summed E-state index contributed by atoms with van der Waals surface area (Å²) in [5.41, 5.74) is 1.31. The van der Waals surface area contributed by atoms with Gasteiger partial charge in [0.25, 0.3) is 0 Å². The zero-order valence-electron chi connectivity index (χ0n) is 17.4. The highest BCUT2D eigenvalue weighted by Gasteiger charge is 2.17. The van der Waals surface area contributed by atoms with Gasteiger partial charge in [0.05, 0.1) is 12.6 Å². The fraction of sp³-hybridized carbons (Fsp3) is 0.667. The first-order chi connectivity index (χ1) is 12.6. The van der Waals surface area contributed by atoms with Gasteiger partial charge >= 0.3 is 0 Å². The van der Waals surface area contributed by atoms with Gasteiger partial charge in [-0.3, -0.25) is 4.99 Å². The number of benzene rings is 1. The number of halogens is 1. The molecule has 1 aliphatic heterocycles. The van der Waals surface area contributed by atoms with E-state index in [1.165, 1.54) is 24.8 Å². The molecule has 6 heteroatoms. The summed E-state index contributed by atoms with van der Waals surface area (Å²) in [6.07, 6.45) is 3.59. The maximum atomic E-state index is 5.47. The second-order valence-corrected chi connectivity index (χ2v) is 7.35. The number of nitrogens with zero attached hydrogens (tertiary/aromatic N) is 3. The van der Waals surface area contributed by atoms with Crippen molar-refractivity contribution in [2.24, 2.45) is 10.9 Å². The highest BCUT2D eigenvalue weighted by molar-refractivity contribution is 14.0. The van der Waals surface area contributed by atoms with Crippen LogP contribution in [0.15, 0.2) is 35.3 Å². The monoisotopic (exact) mass is 488 g/mol. The number of guanidine groups is 1. The van der Waals surface area contributed by atoms with Crippen molar-refractivity contribution in [2.45, 2.75) is 32.2 Å². The molecule has 2 rings (SSSR count). The first-order valence-corrected chi connectivity index (χ1v) is 9.90. The second kappa shape index (κ2) is 13.3. The molecule has 1 aromatic carbocycles. The first-order valence-electron chi connectivity index (χ1n) is 9.90. The number of nitrogens with one attached hydrogen (secondary N) is 1. The van der Waals surface area contributed by atoms with Crippen LogP contribution in [-0.2, 0) is 4.74 Å². The van der Waals surface area contributed by atoms with Crippen LogP contribution in [0.3, 0.4) is 0 Å². The number of aliphatic imine (C=N–C) groups is 1. The topological polar surface area (TPSA) is 40.1 Å². The Labute approximate surface area is 182 Å². The van der Waals surface area contributed by atoms with E-state index in [1.807, 2.05) is 0 Å². The van der Waals surface area contributed by atoms with Crippen molar-refractivity contribution < 1.29 is 4.74 Å². The predicted molar refractivity (Wildman–Crippen MR) is 125 cm³/mol. The number of likely N-dealkylation sites (N-methyl/N-ethyl adjacent to an activating group) is 1. The molecule has 0 aliphatic carbocycles. The molecule has 0 spiro atoms. The van der Waals surface area contributed by atoms with Crippen LogP contribution in [0.25, 0.3) is 0 Å². The van der Waals surface area contributed by atoms with Crippen molar-refractivity contribution >= 4 is 29.9 Å². The molecule has 154 valence electrons. The van der Waals surface area contributed by atoms with Crippen molar-refractivity contribution in [2.75, 3.05) is 54.0 Å². The van der Waals surface area contributed by atoms with Gasteiger partial charge in [0, 0.05) is 33.4 Å². The second-order valence-electron chi connectivity index (χ2n) is 7.35. The Balaban J connectivity index is 0.00000364. The smallest absolute Gasteiger partial charge is 0.193 e. The van der Waals surface area contributed by atoms with Crippen LogP contribution in [0.5, 0.6) is 0 Å². The van der Waals surface area contributed by atoms with E-state index in [0.29, 0.717) is 0 Å². The molecule has 1 heterocycles. The van der Waals surface area contributed by atoms with E-state index in [2.05, 4.69) is 73.5 Å². The Morgan fingerprint density at radius 2 is 1.85 bits per heavy atom. The molecular formula is C21H37IN4O. The molecule has 1 saturated heterocycles. The lowest BCUT2D eigenvalue weighted by molar-refractivity contribution is 0.0625. The van der Waals surface area contributed by atoms with Gasteiger partial charge in [-0.25, -0.2) is 0 Å². The van der Waals surface area contributed by atoms with Crippen molar-refractivity contribution in [1.82, 2.24) is 15.1 Å². The Morgan fingerprint density at radius 3 is 2.44 bits per heavy atom. The van der Waals surface area contributed by atoms with Crippen molar-refractivity contribution in [3.05, 3.63) is 35.9 Å². The van der Waals surface area contributed by atoms with E-state index in [9.17, 15) is 0 Å². The third-order valence-corrected chi connectivity index (χ3v) is 5.13. The molecule has 1 unspecified atom stereocenters. The molecule has 1 atom stereocenters. The summed E-state index contributed by atoms with van der Waals surface area (Å²) in [7, 11) is 6.39. The van der Waals surface area contributed by atoms with Gasteiger partial charge < -0.3 is 19.9 Å². The molecule has 0 radical (unpaired) electrons. The van der Waals surface area contributed by atoms with Crippen LogP contribution in [0.1, 0.15) is 37.8 Å². The molecule has 0 aromatic heterocycles. The van der Waals surface area contributed by atoms with E-state index in [1.54, 1.807) is 0 Å². The van der Waals surface area contributed by atoms with E-state index in [4.69, 9.17) is 9.73 Å². The third-order valence-electron chi connectivity index (χ3n) is 5.13. The summed E-state index contributed by atoms with van der Waals surface area (Å²) in [5, 5.41) is 3.45. The predicted octanol–water partition coefficient (Wildman–Crippen LogP) is 3.62. The summed E-state index contributed by atoms with van der Waals surface area (Å²) in [5.74, 6) is 1.79. The van der Waals surface area contributed by atoms with Gasteiger partial charge in [0.2, 0.25) is 0 Å². The van der Waals surface area contributed by atoms with Crippen LogP contribution >= 0.6 is 24.0 Å². The standard InChI is InChI=1S/C21H36N4O.HI/c1-5-22-21(25(4)14-11-18-12-15-26-16-13-18)23-17-20(24(2)3)19-9-7-6-8-10-19;/h6-10,18,20H,5,11-17H2,1-4H3,(H,22,23);1H. The largest absolute Gasteiger partial charge is 0.381 e. The minimum absolute atomic E-state index is 0. The fourth-order valence-electron chi connectivity index (χ4n) is 3.40. The minimum atomic E-state index is 0. The number of hydrogen-bond donors (Lipinski definition) is 1. The maximum absolute atomic E-state index is 5.47. The Hall–Kier alpha value is -0.860. The molecule has 5 nitrogen and oxygen atoms in total. The SMILES string of the molecule is CCNC(=NCC(c1ccccc1)N(C)C)N(C)CCC1CCOCC1.I. The summed E-state index contributed by atoms with van der Waals surface area (Å²) in [6, 6.07) is 10.9. The summed E-state index contributed by atoms with van der Waals surface area (Å²) in [4.78, 5) is 9.46. The lowest BCUT2D eigenvalue weighted by atomic mass is 9.96. The molecule has 1 fully saturated rings. The first kappa shape index (κ1) is 24.2. The van der Waals surface area contributed by atoms with Crippen molar-refractivity contribution in [1.29, 1.82) is 0 Å². The van der Waals surface area contributed by atoms with Gasteiger partial charge in [-0.2, -0.15) is 0 Å². The molecule has 1 aromatic rings. The molecule has 27 heavy (non-hydrogen) atoms. The maximum Gasteiger partial charge on any atom is 0.193 e. The van der Waals surface area contributed by atoms with E-state index < -0.39 is 0 Å². The number of rotatable bonds is 8. The van der Waals surface area contributed by atoms with E-state index in [-0.39, 0.29) is 30.0 Å². The minimum Gasteiger partial charge on any atom is -0.381 e. The lowest BCUT2D eigenvalue weighted by Crippen LogP contribution is -2.40. The summed E-state index contributed by atoms with van der Waals surface area (Å²) < 4.78 is 5.47. The average Bonchev–Trinajstić information content (AvgIpc) is 2.67. The van der Waals surface area contributed by atoms with Gasteiger partial charge in [-0.15, -0.1) is 24.0 Å². The van der Waals surface area contributed by atoms with Crippen LogP contribution in [0.4, 0.5) is 0 Å². The molecule has 0 saturated carbocycles. The Bertz CT molecular complexity index is 532. The lowest BCUT2D eigenvalue weighted by Gasteiger charge is -2.28. The van der Waals surface area contributed by atoms with E-state index >= 15 is 0 Å². The molecule has 0 bridgehead atoms. The highest BCUT2D eigenvalue weighted by atomic mass is 127. The molecule has 1 aliphatic rings. The van der Waals surface area contributed by atoms with Crippen LogP contribution in [0.2, 0.25) is 0 Å². The van der Waals surface area contributed by atoms with Crippen LogP contribution in [-0.4, -0.2) is 69.8 Å². The van der Waals surface area contributed by atoms with Gasteiger partial charge in [0.15, 0.2) is 5.96 Å². The molecule has 0 amide bonds. The van der Waals surface area contributed by atoms with Gasteiger partial charge in [-0.05, 0) is 51.8 Å². The zero-order chi connectivity index (χ0) is 18.8. The third kappa shape index (κ3) is 8.35. The molecular weight excluding hydrogens is 451 g/mol. The summed E-state index contributed by atoms with van der Waals surface area (Å²) in [6.45, 7) is 6.64. The quantitative estimate of drug-likeness (QED) is 0.345. The average molecular weight is 488 g/mol. The van der Waals surface area contributed by atoms with Gasteiger partial charge in [-0.1, -0.05) is 30.3 Å². The highest BCUT2D eigenvalue weighted by Crippen LogP contribution is 2.19.